The Morgan fingerprint density at radius 1 is 1.13 bits per heavy atom. The number of nitrogens with zero attached hydrogens (tertiary/aromatic N) is 2. The monoisotopic (exact) mass is 486 g/mol. The van der Waals surface area contributed by atoms with Crippen LogP contribution in [0.3, 0.4) is 0 Å². The molecule has 30 heavy (non-hydrogen) atoms. The number of nitrogens with one attached hydrogen (secondary N) is 2. The summed E-state index contributed by atoms with van der Waals surface area (Å²) >= 11 is 9.28. The molecule has 3 N–H and O–H groups in total. The van der Waals surface area contributed by atoms with E-state index in [0.29, 0.717) is 23.9 Å². The summed E-state index contributed by atoms with van der Waals surface area (Å²) in [7, 11) is 0. The average molecular weight is 488 g/mol. The summed E-state index contributed by atoms with van der Waals surface area (Å²) in [6.07, 6.45) is 1.12. The van der Waals surface area contributed by atoms with Gasteiger partial charge in [0.15, 0.2) is 5.65 Å². The number of pyridine rings is 1. The number of aliphatic hydroxyl groups is 1. The van der Waals surface area contributed by atoms with Crippen LogP contribution in [-0.4, -0.2) is 39.3 Å². The molecule has 0 saturated heterocycles. The van der Waals surface area contributed by atoms with Crippen LogP contribution in [0.1, 0.15) is 5.56 Å². The average Bonchev–Trinajstić information content (AvgIpc) is 3.17. The van der Waals surface area contributed by atoms with E-state index in [9.17, 15) is 5.11 Å². The second kappa shape index (κ2) is 9.57. The third-order valence-corrected chi connectivity index (χ3v) is 5.18. The molecule has 0 aliphatic rings. The summed E-state index contributed by atoms with van der Waals surface area (Å²) < 4.78 is 6.58. The number of ether oxygens (including phenoxy) is 1. The smallest absolute Gasteiger partial charge is 0.157 e. The van der Waals surface area contributed by atoms with Crippen LogP contribution in [0.2, 0.25) is 5.02 Å². The van der Waals surface area contributed by atoms with Crippen molar-refractivity contribution in [2.45, 2.75) is 12.6 Å². The third kappa shape index (κ3) is 5.37. The van der Waals surface area contributed by atoms with E-state index in [2.05, 4.69) is 36.2 Å². The maximum absolute atomic E-state index is 10.1. The predicted molar refractivity (Wildman–Crippen MR) is 122 cm³/mol. The number of benzene rings is 2. The van der Waals surface area contributed by atoms with Gasteiger partial charge in [-0.1, -0.05) is 23.7 Å². The predicted octanol–water partition coefficient (Wildman–Crippen LogP) is 4.57. The zero-order valence-corrected chi connectivity index (χ0v) is 18.3. The standard InChI is InChI=1S/C22H20BrClN4O2/c23-16-9-20-22(26-11-16)28-21(27-20)15-3-7-19(8-4-15)30-13-18(29)12-25-10-14-1-5-17(24)6-2-14/h1-9,11,18,25,29H,10,12-13H2,(H,26,27,28). The minimum Gasteiger partial charge on any atom is -0.491 e. The Labute approximate surface area is 187 Å². The van der Waals surface area contributed by atoms with Crippen LogP contribution in [0.5, 0.6) is 5.75 Å². The SMILES string of the molecule is OC(CNCc1ccc(Cl)cc1)COc1ccc(-c2nc3cc(Br)cnc3[nH]2)cc1. The summed E-state index contributed by atoms with van der Waals surface area (Å²) in [5.41, 5.74) is 3.58. The van der Waals surface area contributed by atoms with Crippen molar-refractivity contribution in [3.8, 4) is 17.1 Å². The fourth-order valence-corrected chi connectivity index (χ4v) is 3.40. The van der Waals surface area contributed by atoms with Gasteiger partial charge < -0.3 is 20.1 Å². The van der Waals surface area contributed by atoms with Crippen LogP contribution in [0.4, 0.5) is 0 Å². The molecule has 0 aliphatic heterocycles. The highest BCUT2D eigenvalue weighted by atomic mass is 79.9. The Bertz CT molecular complexity index is 1120. The zero-order valence-electron chi connectivity index (χ0n) is 16.0. The molecule has 0 amide bonds. The van der Waals surface area contributed by atoms with Crippen LogP contribution < -0.4 is 10.1 Å². The summed E-state index contributed by atoms with van der Waals surface area (Å²) in [4.78, 5) is 12.1. The fraction of sp³-hybridized carbons (Fsp3) is 0.182. The highest BCUT2D eigenvalue weighted by Crippen LogP contribution is 2.23. The number of fused-ring (bicyclic) bond motifs is 1. The molecule has 6 nitrogen and oxygen atoms in total. The van der Waals surface area contributed by atoms with Gasteiger partial charge in [-0.05, 0) is 64.0 Å². The number of H-pyrrole nitrogens is 1. The molecule has 0 radical (unpaired) electrons. The van der Waals surface area contributed by atoms with E-state index in [1.807, 2.05) is 54.6 Å². The van der Waals surface area contributed by atoms with Crippen molar-refractivity contribution in [1.29, 1.82) is 0 Å². The van der Waals surface area contributed by atoms with Gasteiger partial charge in [-0.25, -0.2) is 9.97 Å². The van der Waals surface area contributed by atoms with Crippen LogP contribution in [-0.2, 0) is 6.54 Å². The van der Waals surface area contributed by atoms with Crippen LogP contribution >= 0.6 is 27.5 Å². The highest BCUT2D eigenvalue weighted by Gasteiger charge is 2.08. The quantitative estimate of drug-likeness (QED) is 0.339. The number of aromatic amines is 1. The fourth-order valence-electron chi connectivity index (χ4n) is 2.95. The lowest BCUT2D eigenvalue weighted by Gasteiger charge is -2.13. The minimum absolute atomic E-state index is 0.204. The Morgan fingerprint density at radius 3 is 2.67 bits per heavy atom. The molecule has 1 unspecified atom stereocenters. The first-order valence-electron chi connectivity index (χ1n) is 9.44. The largest absolute Gasteiger partial charge is 0.491 e. The first-order chi connectivity index (χ1) is 14.6. The Balaban J connectivity index is 1.27. The molecule has 0 bridgehead atoms. The molecule has 2 aromatic heterocycles. The maximum atomic E-state index is 10.1. The normalized spacial score (nSPS) is 12.2. The molecule has 0 spiro atoms. The number of aromatic nitrogens is 3. The molecule has 8 heteroatoms. The summed E-state index contributed by atoms with van der Waals surface area (Å²) in [5, 5.41) is 14.1. The van der Waals surface area contributed by atoms with E-state index < -0.39 is 6.10 Å². The number of halogens is 2. The van der Waals surface area contributed by atoms with Gasteiger partial charge in [-0.2, -0.15) is 0 Å². The molecule has 0 saturated carbocycles. The molecular weight excluding hydrogens is 468 g/mol. The first kappa shape index (κ1) is 20.8. The van der Waals surface area contributed by atoms with Gasteiger partial charge in [0.25, 0.3) is 0 Å². The molecule has 0 fully saturated rings. The lowest BCUT2D eigenvalue weighted by atomic mass is 10.2. The number of hydrogen-bond acceptors (Lipinski definition) is 5. The van der Waals surface area contributed by atoms with E-state index >= 15 is 0 Å². The van der Waals surface area contributed by atoms with Gasteiger partial charge >= 0.3 is 0 Å². The zero-order chi connectivity index (χ0) is 20.9. The van der Waals surface area contributed by atoms with Crippen molar-refractivity contribution in [1.82, 2.24) is 20.3 Å². The maximum Gasteiger partial charge on any atom is 0.157 e. The second-order valence-corrected chi connectivity index (χ2v) is 8.21. The Hall–Kier alpha value is -2.45. The third-order valence-electron chi connectivity index (χ3n) is 4.50. The van der Waals surface area contributed by atoms with Crippen molar-refractivity contribution in [3.63, 3.8) is 0 Å². The summed E-state index contributed by atoms with van der Waals surface area (Å²) in [6.45, 7) is 1.30. The lowest BCUT2D eigenvalue weighted by Crippen LogP contribution is -2.31. The molecule has 4 aromatic rings. The Morgan fingerprint density at radius 2 is 1.90 bits per heavy atom. The van der Waals surface area contributed by atoms with E-state index in [0.717, 1.165) is 32.6 Å². The number of hydrogen-bond donors (Lipinski definition) is 3. The number of aliphatic hydroxyl groups excluding tert-OH is 1. The van der Waals surface area contributed by atoms with Crippen LogP contribution in [0, 0.1) is 0 Å². The van der Waals surface area contributed by atoms with E-state index in [1.165, 1.54) is 0 Å². The molecule has 2 heterocycles. The van der Waals surface area contributed by atoms with Crippen molar-refractivity contribution < 1.29 is 9.84 Å². The van der Waals surface area contributed by atoms with Gasteiger partial charge in [-0.15, -0.1) is 0 Å². The molecular formula is C22H20BrClN4O2. The van der Waals surface area contributed by atoms with E-state index in [1.54, 1.807) is 6.20 Å². The molecule has 1 atom stereocenters. The topological polar surface area (TPSA) is 83.1 Å². The molecule has 2 aromatic carbocycles. The van der Waals surface area contributed by atoms with Gasteiger partial charge in [0.05, 0.1) is 0 Å². The molecule has 0 aliphatic carbocycles. The molecule has 154 valence electrons. The van der Waals surface area contributed by atoms with Crippen molar-refractivity contribution >= 4 is 38.7 Å². The van der Waals surface area contributed by atoms with Crippen LogP contribution in [0.25, 0.3) is 22.6 Å². The van der Waals surface area contributed by atoms with Crippen molar-refractivity contribution in [2.24, 2.45) is 0 Å². The van der Waals surface area contributed by atoms with Gasteiger partial charge in [0.2, 0.25) is 0 Å². The van der Waals surface area contributed by atoms with E-state index in [-0.39, 0.29) is 6.61 Å². The first-order valence-corrected chi connectivity index (χ1v) is 10.6. The van der Waals surface area contributed by atoms with E-state index in [4.69, 9.17) is 16.3 Å². The van der Waals surface area contributed by atoms with Crippen molar-refractivity contribution in [3.05, 3.63) is 75.9 Å². The number of imidazole rings is 1. The summed E-state index contributed by atoms with van der Waals surface area (Å²) in [5.74, 6) is 1.43. The minimum atomic E-state index is -0.614. The number of rotatable bonds is 8. The van der Waals surface area contributed by atoms with Crippen LogP contribution in [0.15, 0.2) is 65.3 Å². The molecule has 4 rings (SSSR count). The Kier molecular flexibility index (Phi) is 6.64. The van der Waals surface area contributed by atoms with Gasteiger partial charge in [0, 0.05) is 34.3 Å². The summed E-state index contributed by atoms with van der Waals surface area (Å²) in [6, 6.07) is 17.1. The van der Waals surface area contributed by atoms with Gasteiger partial charge in [0.1, 0.15) is 29.8 Å². The van der Waals surface area contributed by atoms with Crippen molar-refractivity contribution in [2.75, 3.05) is 13.2 Å². The highest BCUT2D eigenvalue weighted by molar-refractivity contribution is 9.10. The second-order valence-electron chi connectivity index (χ2n) is 6.85. The lowest BCUT2D eigenvalue weighted by molar-refractivity contribution is 0.106. The van der Waals surface area contributed by atoms with Gasteiger partial charge in [-0.3, -0.25) is 0 Å².